The second-order valence-corrected chi connectivity index (χ2v) is 9.37. The molecule has 0 aliphatic heterocycles. The summed E-state index contributed by atoms with van der Waals surface area (Å²) in [5.41, 5.74) is 2.49. The summed E-state index contributed by atoms with van der Waals surface area (Å²) in [5.74, 6) is -1.65. The molecule has 2 amide bonds. The fourth-order valence-electron chi connectivity index (χ4n) is 3.17. The van der Waals surface area contributed by atoms with Gasteiger partial charge in [0.1, 0.15) is 6.54 Å². The minimum Gasteiger partial charge on any atom is -0.468 e. The molecule has 0 aliphatic rings. The number of amides is 2. The molecule has 10 heteroatoms. The summed E-state index contributed by atoms with van der Waals surface area (Å²) in [5, 5.41) is 5.10. The van der Waals surface area contributed by atoms with E-state index in [1.54, 1.807) is 56.3 Å². The summed E-state index contributed by atoms with van der Waals surface area (Å²) in [4.78, 5) is 36.4. The Morgan fingerprint density at radius 1 is 0.857 bits per heavy atom. The lowest BCUT2D eigenvalue weighted by molar-refractivity contribution is -0.139. The molecule has 0 bridgehead atoms. The molecule has 0 heterocycles. The highest BCUT2D eigenvalue weighted by Gasteiger charge is 2.19. The first-order valence-corrected chi connectivity index (χ1v) is 12.0. The lowest BCUT2D eigenvalue weighted by Gasteiger charge is -2.13. The van der Waals surface area contributed by atoms with Gasteiger partial charge in [-0.05, 0) is 61.4 Å². The van der Waals surface area contributed by atoms with Crippen LogP contribution in [0.1, 0.15) is 31.8 Å². The molecule has 3 rings (SSSR count). The number of nitrogens with one attached hydrogen (secondary N) is 3. The van der Waals surface area contributed by atoms with Crippen molar-refractivity contribution < 1.29 is 27.5 Å². The van der Waals surface area contributed by atoms with Gasteiger partial charge in [0.25, 0.3) is 21.8 Å². The fraction of sp³-hybridized carbons (Fsp3) is 0.160. The third-order valence-electron chi connectivity index (χ3n) is 5.16. The molecular formula is C25H25N3O6S. The van der Waals surface area contributed by atoms with E-state index in [0.717, 1.165) is 5.56 Å². The maximum absolute atomic E-state index is 13.0. The van der Waals surface area contributed by atoms with E-state index in [1.807, 2.05) is 0 Å². The van der Waals surface area contributed by atoms with Gasteiger partial charge in [0.05, 0.1) is 17.7 Å². The Labute approximate surface area is 203 Å². The molecule has 3 aromatic carbocycles. The van der Waals surface area contributed by atoms with Gasteiger partial charge in [0, 0.05) is 16.8 Å². The monoisotopic (exact) mass is 495 g/mol. The molecule has 0 fully saturated rings. The molecule has 182 valence electrons. The number of anilines is 2. The fourth-order valence-corrected chi connectivity index (χ4v) is 4.32. The molecule has 0 spiro atoms. The zero-order valence-electron chi connectivity index (χ0n) is 19.4. The highest BCUT2D eigenvalue weighted by Crippen LogP contribution is 2.22. The predicted octanol–water partition coefficient (Wildman–Crippen LogP) is 3.26. The topological polar surface area (TPSA) is 131 Å². The van der Waals surface area contributed by atoms with Crippen LogP contribution in [-0.2, 0) is 19.6 Å². The van der Waals surface area contributed by atoms with Crippen LogP contribution in [0, 0.1) is 13.8 Å². The lowest BCUT2D eigenvalue weighted by atomic mass is 10.1. The lowest BCUT2D eigenvalue weighted by Crippen LogP contribution is -2.30. The average Bonchev–Trinajstić information content (AvgIpc) is 2.83. The molecule has 3 N–H and O–H groups in total. The minimum atomic E-state index is -3.94. The normalized spacial score (nSPS) is 10.8. The summed E-state index contributed by atoms with van der Waals surface area (Å²) < 4.78 is 32.9. The number of para-hydroxylation sites is 1. The molecule has 0 atom stereocenters. The number of sulfonamides is 1. The van der Waals surface area contributed by atoms with Crippen molar-refractivity contribution in [3.63, 3.8) is 0 Å². The number of carbonyl (C=O) groups is 3. The third kappa shape index (κ3) is 6.45. The summed E-state index contributed by atoms with van der Waals surface area (Å²) in [6, 6.07) is 17.4. The van der Waals surface area contributed by atoms with Gasteiger partial charge in [-0.2, -0.15) is 0 Å². The number of hydrogen-bond donors (Lipinski definition) is 3. The van der Waals surface area contributed by atoms with Crippen LogP contribution in [0.15, 0.2) is 71.6 Å². The standard InChI is InChI=1S/C25H25N3O6S/c1-16-11-12-20(35(32,33)28-22-10-5-4-7-17(22)2)14-21(16)25(31)27-19-9-6-8-18(13-19)24(30)26-15-23(29)34-3/h4-14,28H,15H2,1-3H3,(H,26,30)(H,27,31). The number of hydrogen-bond acceptors (Lipinski definition) is 6. The number of ether oxygens (including phenoxy) is 1. The van der Waals surface area contributed by atoms with Gasteiger partial charge in [-0.3, -0.25) is 19.1 Å². The number of carbonyl (C=O) groups excluding carboxylic acids is 3. The van der Waals surface area contributed by atoms with Crippen LogP contribution in [0.4, 0.5) is 11.4 Å². The molecule has 0 saturated heterocycles. The Bertz CT molecular complexity index is 1390. The number of methoxy groups -OCH3 is 1. The molecule has 0 aliphatic carbocycles. The average molecular weight is 496 g/mol. The summed E-state index contributed by atoms with van der Waals surface area (Å²) in [6.45, 7) is 3.19. The van der Waals surface area contributed by atoms with Crippen molar-refractivity contribution in [1.82, 2.24) is 5.32 Å². The summed E-state index contributed by atoms with van der Waals surface area (Å²) in [7, 11) is -2.72. The zero-order chi connectivity index (χ0) is 25.6. The van der Waals surface area contributed by atoms with Crippen molar-refractivity contribution in [2.45, 2.75) is 18.7 Å². The molecule has 9 nitrogen and oxygen atoms in total. The molecule has 0 saturated carbocycles. The van der Waals surface area contributed by atoms with Gasteiger partial charge in [-0.25, -0.2) is 8.42 Å². The largest absolute Gasteiger partial charge is 0.468 e. The maximum atomic E-state index is 13.0. The van der Waals surface area contributed by atoms with E-state index in [2.05, 4.69) is 20.1 Å². The number of aryl methyl sites for hydroxylation is 2. The van der Waals surface area contributed by atoms with E-state index in [1.165, 1.54) is 31.4 Å². The molecule has 0 radical (unpaired) electrons. The quantitative estimate of drug-likeness (QED) is 0.411. The van der Waals surface area contributed by atoms with Gasteiger partial charge in [0.15, 0.2) is 0 Å². The van der Waals surface area contributed by atoms with Crippen molar-refractivity contribution in [2.24, 2.45) is 0 Å². The Hall–Kier alpha value is -4.18. The Morgan fingerprint density at radius 3 is 2.31 bits per heavy atom. The van der Waals surface area contributed by atoms with Crippen LogP contribution in [0.25, 0.3) is 0 Å². The van der Waals surface area contributed by atoms with Gasteiger partial charge in [-0.15, -0.1) is 0 Å². The summed E-state index contributed by atoms with van der Waals surface area (Å²) in [6.07, 6.45) is 0. The second kappa shape index (κ2) is 10.8. The Balaban J connectivity index is 1.79. The van der Waals surface area contributed by atoms with Crippen molar-refractivity contribution in [3.05, 3.63) is 89.0 Å². The summed E-state index contributed by atoms with van der Waals surface area (Å²) >= 11 is 0. The van der Waals surface area contributed by atoms with Crippen molar-refractivity contribution in [2.75, 3.05) is 23.7 Å². The van der Waals surface area contributed by atoms with Gasteiger partial charge >= 0.3 is 5.97 Å². The molecule has 0 aromatic heterocycles. The SMILES string of the molecule is COC(=O)CNC(=O)c1cccc(NC(=O)c2cc(S(=O)(=O)Nc3ccccc3C)ccc2C)c1. The number of benzene rings is 3. The van der Waals surface area contributed by atoms with E-state index in [0.29, 0.717) is 16.9 Å². The molecule has 0 unspecified atom stereocenters. The van der Waals surface area contributed by atoms with E-state index >= 15 is 0 Å². The number of esters is 1. The van der Waals surface area contributed by atoms with E-state index in [9.17, 15) is 22.8 Å². The van der Waals surface area contributed by atoms with Crippen LogP contribution >= 0.6 is 0 Å². The van der Waals surface area contributed by atoms with Crippen LogP contribution < -0.4 is 15.4 Å². The minimum absolute atomic E-state index is 0.0626. The highest BCUT2D eigenvalue weighted by molar-refractivity contribution is 7.92. The van der Waals surface area contributed by atoms with Crippen LogP contribution in [0.5, 0.6) is 0 Å². The first-order chi connectivity index (χ1) is 16.6. The zero-order valence-corrected chi connectivity index (χ0v) is 20.2. The first-order valence-electron chi connectivity index (χ1n) is 10.6. The van der Waals surface area contributed by atoms with Gasteiger partial charge in [-0.1, -0.05) is 30.3 Å². The first kappa shape index (κ1) is 25.4. The molecule has 35 heavy (non-hydrogen) atoms. The van der Waals surface area contributed by atoms with Crippen molar-refractivity contribution in [1.29, 1.82) is 0 Å². The van der Waals surface area contributed by atoms with Gasteiger partial charge < -0.3 is 15.4 Å². The van der Waals surface area contributed by atoms with Crippen LogP contribution in [0.3, 0.4) is 0 Å². The Kier molecular flexibility index (Phi) is 7.87. The molecular weight excluding hydrogens is 470 g/mol. The van der Waals surface area contributed by atoms with E-state index in [-0.39, 0.29) is 22.6 Å². The Morgan fingerprint density at radius 2 is 1.60 bits per heavy atom. The van der Waals surface area contributed by atoms with Crippen molar-refractivity contribution in [3.8, 4) is 0 Å². The number of rotatable bonds is 8. The highest BCUT2D eigenvalue weighted by atomic mass is 32.2. The second-order valence-electron chi connectivity index (χ2n) is 7.69. The van der Waals surface area contributed by atoms with E-state index in [4.69, 9.17) is 0 Å². The van der Waals surface area contributed by atoms with Crippen LogP contribution in [-0.4, -0.2) is 39.9 Å². The predicted molar refractivity (Wildman–Crippen MR) is 132 cm³/mol. The third-order valence-corrected chi connectivity index (χ3v) is 6.52. The van der Waals surface area contributed by atoms with Crippen molar-refractivity contribution >= 4 is 39.2 Å². The van der Waals surface area contributed by atoms with Gasteiger partial charge in [0.2, 0.25) is 0 Å². The maximum Gasteiger partial charge on any atom is 0.325 e. The smallest absolute Gasteiger partial charge is 0.325 e. The molecule has 3 aromatic rings. The van der Waals surface area contributed by atoms with E-state index < -0.39 is 27.8 Å². The van der Waals surface area contributed by atoms with Crippen LogP contribution in [0.2, 0.25) is 0 Å².